The van der Waals surface area contributed by atoms with Gasteiger partial charge in [0, 0.05) is 21.1 Å². The maximum atomic E-state index is 12.1. The van der Waals surface area contributed by atoms with E-state index in [4.69, 9.17) is 0 Å². The summed E-state index contributed by atoms with van der Waals surface area (Å²) in [4.78, 5) is 17.2. The number of hydrogen-bond acceptors (Lipinski definition) is 3. The molecule has 2 rings (SSSR count). The van der Waals surface area contributed by atoms with Gasteiger partial charge in [0.05, 0.1) is 0 Å². The SMILES string of the molecule is Cc1sccc1C(=O)c1ncccc1Br. The molecule has 0 unspecified atom stereocenters. The summed E-state index contributed by atoms with van der Waals surface area (Å²) in [5.74, 6) is -0.0266. The first-order valence-corrected chi connectivity index (χ1v) is 6.06. The molecule has 0 N–H and O–H groups in total. The maximum Gasteiger partial charge on any atom is 0.213 e. The average Bonchev–Trinajstić information content (AvgIpc) is 2.64. The van der Waals surface area contributed by atoms with Crippen LogP contribution in [0.3, 0.4) is 0 Å². The van der Waals surface area contributed by atoms with Crippen molar-refractivity contribution in [2.75, 3.05) is 0 Å². The fourth-order valence-electron chi connectivity index (χ4n) is 1.30. The van der Waals surface area contributed by atoms with Crippen molar-refractivity contribution in [3.05, 3.63) is 50.4 Å². The molecule has 0 saturated heterocycles. The van der Waals surface area contributed by atoms with Crippen LogP contribution in [0.15, 0.2) is 34.2 Å². The van der Waals surface area contributed by atoms with Gasteiger partial charge in [-0.1, -0.05) is 0 Å². The quantitative estimate of drug-likeness (QED) is 0.790. The Bertz CT molecular complexity index is 507. The predicted molar refractivity (Wildman–Crippen MR) is 64.4 cm³/mol. The molecule has 0 aliphatic heterocycles. The first-order chi connectivity index (χ1) is 7.20. The first kappa shape index (κ1) is 10.5. The van der Waals surface area contributed by atoms with Crippen molar-refractivity contribution in [3.8, 4) is 0 Å². The highest BCUT2D eigenvalue weighted by molar-refractivity contribution is 9.10. The van der Waals surface area contributed by atoms with Crippen LogP contribution in [0.25, 0.3) is 0 Å². The first-order valence-electron chi connectivity index (χ1n) is 4.39. The molecule has 2 heterocycles. The molecule has 0 spiro atoms. The van der Waals surface area contributed by atoms with Gasteiger partial charge in [-0.05, 0) is 46.4 Å². The fourth-order valence-corrected chi connectivity index (χ4v) is 2.43. The summed E-state index contributed by atoms with van der Waals surface area (Å²) in [6.45, 7) is 1.94. The van der Waals surface area contributed by atoms with E-state index < -0.39 is 0 Å². The molecule has 2 aromatic rings. The monoisotopic (exact) mass is 281 g/mol. The molecule has 0 aliphatic rings. The topological polar surface area (TPSA) is 30.0 Å². The Kier molecular flexibility index (Phi) is 2.98. The van der Waals surface area contributed by atoms with E-state index in [-0.39, 0.29) is 5.78 Å². The molecule has 4 heteroatoms. The lowest BCUT2D eigenvalue weighted by Crippen LogP contribution is -2.04. The van der Waals surface area contributed by atoms with E-state index in [9.17, 15) is 4.79 Å². The van der Waals surface area contributed by atoms with E-state index in [1.807, 2.05) is 24.4 Å². The summed E-state index contributed by atoms with van der Waals surface area (Å²) >= 11 is 4.90. The Morgan fingerprint density at radius 1 is 1.47 bits per heavy atom. The zero-order valence-corrected chi connectivity index (χ0v) is 10.4. The van der Waals surface area contributed by atoms with Gasteiger partial charge in [0.1, 0.15) is 5.69 Å². The Hall–Kier alpha value is -1.00. The molecule has 2 aromatic heterocycles. The average molecular weight is 282 g/mol. The number of aryl methyl sites for hydroxylation is 1. The highest BCUT2D eigenvalue weighted by atomic mass is 79.9. The summed E-state index contributed by atoms with van der Waals surface area (Å²) in [5.41, 5.74) is 1.21. The summed E-state index contributed by atoms with van der Waals surface area (Å²) < 4.78 is 0.737. The van der Waals surface area contributed by atoms with Gasteiger partial charge in [-0.3, -0.25) is 9.78 Å². The third-order valence-corrected chi connectivity index (χ3v) is 3.56. The normalized spacial score (nSPS) is 10.3. The third-order valence-electron chi connectivity index (χ3n) is 2.08. The van der Waals surface area contributed by atoms with Gasteiger partial charge >= 0.3 is 0 Å². The number of pyridine rings is 1. The second-order valence-corrected chi connectivity index (χ2v) is 5.03. The zero-order valence-electron chi connectivity index (χ0n) is 8.03. The smallest absolute Gasteiger partial charge is 0.213 e. The minimum atomic E-state index is -0.0266. The van der Waals surface area contributed by atoms with E-state index in [0.29, 0.717) is 5.69 Å². The van der Waals surface area contributed by atoms with Crippen LogP contribution in [0.5, 0.6) is 0 Å². The lowest BCUT2D eigenvalue weighted by molar-refractivity contribution is 0.103. The van der Waals surface area contributed by atoms with Gasteiger partial charge in [-0.25, -0.2) is 0 Å². The maximum absolute atomic E-state index is 12.1. The Morgan fingerprint density at radius 2 is 2.27 bits per heavy atom. The minimum Gasteiger partial charge on any atom is -0.287 e. The molecule has 0 aliphatic carbocycles. The van der Waals surface area contributed by atoms with Crippen LogP contribution in [-0.2, 0) is 0 Å². The zero-order chi connectivity index (χ0) is 10.8. The van der Waals surface area contributed by atoms with Crippen molar-refractivity contribution >= 4 is 33.0 Å². The van der Waals surface area contributed by atoms with Crippen LogP contribution in [0.2, 0.25) is 0 Å². The Balaban J connectivity index is 2.46. The fraction of sp³-hybridized carbons (Fsp3) is 0.0909. The molecule has 76 valence electrons. The molecule has 2 nitrogen and oxygen atoms in total. The van der Waals surface area contributed by atoms with Crippen molar-refractivity contribution in [2.24, 2.45) is 0 Å². The van der Waals surface area contributed by atoms with Crippen LogP contribution >= 0.6 is 27.3 Å². The highest BCUT2D eigenvalue weighted by Crippen LogP contribution is 2.22. The number of hydrogen-bond donors (Lipinski definition) is 0. The highest BCUT2D eigenvalue weighted by Gasteiger charge is 2.16. The van der Waals surface area contributed by atoms with Crippen LogP contribution in [0.4, 0.5) is 0 Å². The molecule has 0 fully saturated rings. The second kappa shape index (κ2) is 4.24. The van der Waals surface area contributed by atoms with Gasteiger partial charge in [0.15, 0.2) is 0 Å². The van der Waals surface area contributed by atoms with Crippen molar-refractivity contribution in [3.63, 3.8) is 0 Å². The van der Waals surface area contributed by atoms with Crippen molar-refractivity contribution < 1.29 is 4.79 Å². The van der Waals surface area contributed by atoms with Crippen molar-refractivity contribution in [1.29, 1.82) is 0 Å². The number of carbonyl (C=O) groups is 1. The van der Waals surface area contributed by atoms with Crippen LogP contribution in [0, 0.1) is 6.92 Å². The second-order valence-electron chi connectivity index (χ2n) is 3.05. The standard InChI is InChI=1S/C11H8BrNOS/c1-7-8(4-6-15-7)11(14)10-9(12)3-2-5-13-10/h2-6H,1H3. The van der Waals surface area contributed by atoms with E-state index in [0.717, 1.165) is 14.9 Å². The number of aromatic nitrogens is 1. The number of nitrogens with zero attached hydrogens (tertiary/aromatic N) is 1. The molecule has 0 aromatic carbocycles. The van der Waals surface area contributed by atoms with Crippen LogP contribution < -0.4 is 0 Å². The lowest BCUT2D eigenvalue weighted by Gasteiger charge is -2.01. The van der Waals surface area contributed by atoms with E-state index in [2.05, 4.69) is 20.9 Å². The van der Waals surface area contributed by atoms with Crippen LogP contribution in [-0.4, -0.2) is 10.8 Å². The molecule has 0 amide bonds. The minimum absolute atomic E-state index is 0.0266. The van der Waals surface area contributed by atoms with Crippen LogP contribution in [0.1, 0.15) is 20.9 Å². The molecule has 0 radical (unpaired) electrons. The van der Waals surface area contributed by atoms with Crippen molar-refractivity contribution in [1.82, 2.24) is 4.98 Å². The predicted octanol–water partition coefficient (Wildman–Crippen LogP) is 3.45. The summed E-state index contributed by atoms with van der Waals surface area (Å²) in [6, 6.07) is 5.45. The summed E-state index contributed by atoms with van der Waals surface area (Å²) in [7, 11) is 0. The molecule has 15 heavy (non-hydrogen) atoms. The van der Waals surface area contributed by atoms with E-state index in [1.54, 1.807) is 23.6 Å². The van der Waals surface area contributed by atoms with Gasteiger partial charge in [-0.2, -0.15) is 0 Å². The van der Waals surface area contributed by atoms with Gasteiger partial charge in [0.2, 0.25) is 5.78 Å². The molecule has 0 saturated carbocycles. The molecule has 0 bridgehead atoms. The van der Waals surface area contributed by atoms with Gasteiger partial charge in [-0.15, -0.1) is 11.3 Å². The third kappa shape index (κ3) is 2.01. The molecular formula is C11H8BrNOS. The number of halogens is 1. The Labute approximate surface area is 100 Å². The molecular weight excluding hydrogens is 274 g/mol. The molecule has 0 atom stereocenters. The number of thiophene rings is 1. The summed E-state index contributed by atoms with van der Waals surface area (Å²) in [5, 5.41) is 1.92. The number of ketones is 1. The van der Waals surface area contributed by atoms with Crippen molar-refractivity contribution in [2.45, 2.75) is 6.92 Å². The summed E-state index contributed by atoms with van der Waals surface area (Å²) in [6.07, 6.45) is 1.62. The van der Waals surface area contributed by atoms with E-state index >= 15 is 0 Å². The largest absolute Gasteiger partial charge is 0.287 e. The lowest BCUT2D eigenvalue weighted by atomic mass is 10.1. The van der Waals surface area contributed by atoms with Gasteiger partial charge in [0.25, 0.3) is 0 Å². The number of rotatable bonds is 2. The van der Waals surface area contributed by atoms with E-state index in [1.165, 1.54) is 0 Å². The Morgan fingerprint density at radius 3 is 2.87 bits per heavy atom. The number of carbonyl (C=O) groups excluding carboxylic acids is 1. The van der Waals surface area contributed by atoms with Gasteiger partial charge < -0.3 is 0 Å².